The minimum atomic E-state index is -0.0861. The van der Waals surface area contributed by atoms with Crippen LogP contribution in [0.3, 0.4) is 0 Å². The Morgan fingerprint density at radius 1 is 1.24 bits per heavy atom. The van der Waals surface area contributed by atoms with Gasteiger partial charge in [0.25, 0.3) is 5.91 Å². The lowest BCUT2D eigenvalue weighted by Gasteiger charge is -2.43. The van der Waals surface area contributed by atoms with Crippen LogP contribution in [0.4, 0.5) is 0 Å². The van der Waals surface area contributed by atoms with Crippen LogP contribution in [-0.4, -0.2) is 56.7 Å². The lowest BCUT2D eigenvalue weighted by atomic mass is 9.79. The third-order valence-electron chi connectivity index (χ3n) is 5.02. The zero-order valence-corrected chi connectivity index (χ0v) is 14.4. The van der Waals surface area contributed by atoms with Crippen LogP contribution in [0.25, 0.3) is 0 Å². The van der Waals surface area contributed by atoms with E-state index in [1.165, 1.54) is 0 Å². The summed E-state index contributed by atoms with van der Waals surface area (Å²) >= 11 is 0. The van der Waals surface area contributed by atoms with Crippen molar-refractivity contribution in [3.8, 4) is 0 Å². The molecule has 2 aliphatic heterocycles. The molecular formula is C17H21N5O3. The van der Waals surface area contributed by atoms with E-state index in [-0.39, 0.29) is 23.8 Å². The third kappa shape index (κ3) is 3.13. The summed E-state index contributed by atoms with van der Waals surface area (Å²) in [5.74, 6) is 1.48. The topological polar surface area (TPSA) is 94.2 Å². The minimum Gasteiger partial charge on any atom is -0.378 e. The van der Waals surface area contributed by atoms with E-state index in [1.54, 1.807) is 12.4 Å². The van der Waals surface area contributed by atoms with Crippen molar-refractivity contribution in [1.29, 1.82) is 0 Å². The fourth-order valence-electron chi connectivity index (χ4n) is 3.73. The number of ether oxygens (including phenoxy) is 1. The maximum Gasteiger partial charge on any atom is 0.274 e. The second-order valence-corrected chi connectivity index (χ2v) is 6.73. The Balaban J connectivity index is 1.54. The molecule has 2 aromatic rings. The Bertz CT molecular complexity index is 760. The molecule has 25 heavy (non-hydrogen) atoms. The van der Waals surface area contributed by atoms with Gasteiger partial charge in [-0.15, -0.1) is 0 Å². The number of piperidine rings is 1. The van der Waals surface area contributed by atoms with Gasteiger partial charge in [0.1, 0.15) is 5.69 Å². The number of aromatic nitrogens is 4. The molecule has 0 unspecified atom stereocenters. The van der Waals surface area contributed by atoms with Crippen LogP contribution in [0.2, 0.25) is 0 Å². The molecular weight excluding hydrogens is 322 g/mol. The molecule has 3 atom stereocenters. The zero-order valence-electron chi connectivity index (χ0n) is 14.4. The van der Waals surface area contributed by atoms with E-state index in [9.17, 15) is 4.79 Å². The van der Waals surface area contributed by atoms with E-state index in [4.69, 9.17) is 9.26 Å². The van der Waals surface area contributed by atoms with Crippen LogP contribution >= 0.6 is 0 Å². The maximum absolute atomic E-state index is 12.8. The van der Waals surface area contributed by atoms with Gasteiger partial charge in [-0.3, -0.25) is 9.78 Å². The molecule has 2 fully saturated rings. The largest absolute Gasteiger partial charge is 0.378 e. The molecule has 4 rings (SSSR count). The Morgan fingerprint density at radius 2 is 2.12 bits per heavy atom. The van der Waals surface area contributed by atoms with E-state index in [1.807, 2.05) is 18.7 Å². The van der Waals surface area contributed by atoms with Gasteiger partial charge in [0.2, 0.25) is 5.89 Å². The van der Waals surface area contributed by atoms with Gasteiger partial charge in [-0.2, -0.15) is 4.98 Å². The highest BCUT2D eigenvalue weighted by molar-refractivity contribution is 5.92. The molecule has 2 aromatic heterocycles. The van der Waals surface area contributed by atoms with Gasteiger partial charge >= 0.3 is 0 Å². The molecule has 0 N–H and O–H groups in total. The Hall–Kier alpha value is -2.35. The first-order chi connectivity index (χ1) is 12.1. The number of fused-ring (bicyclic) bond motifs is 1. The van der Waals surface area contributed by atoms with E-state index < -0.39 is 0 Å². The summed E-state index contributed by atoms with van der Waals surface area (Å²) in [4.78, 5) is 27.4. The molecule has 2 aliphatic rings. The number of nitrogens with zero attached hydrogens (tertiary/aromatic N) is 5. The molecule has 4 heterocycles. The summed E-state index contributed by atoms with van der Waals surface area (Å²) in [6, 6.07) is 0. The molecule has 8 heteroatoms. The van der Waals surface area contributed by atoms with Crippen LogP contribution in [0.5, 0.6) is 0 Å². The summed E-state index contributed by atoms with van der Waals surface area (Å²) in [6.45, 7) is 5.61. The highest BCUT2D eigenvalue weighted by Gasteiger charge is 2.42. The van der Waals surface area contributed by atoms with Gasteiger partial charge < -0.3 is 14.2 Å². The highest BCUT2D eigenvalue weighted by atomic mass is 16.5. The van der Waals surface area contributed by atoms with Gasteiger partial charge in [-0.1, -0.05) is 5.16 Å². The van der Waals surface area contributed by atoms with Crippen LogP contribution in [-0.2, 0) is 4.74 Å². The quantitative estimate of drug-likeness (QED) is 0.815. The first-order valence-electron chi connectivity index (χ1n) is 8.61. The van der Waals surface area contributed by atoms with Crippen LogP contribution < -0.4 is 0 Å². The molecule has 132 valence electrons. The number of likely N-dealkylation sites (tertiary alicyclic amines) is 1. The SMILES string of the molecule is Cc1cnc(C(=O)N2CC[C@H]3OCC[C@@H](c4nc(C)no4)[C@H]3C2)cn1. The highest BCUT2D eigenvalue weighted by Crippen LogP contribution is 2.39. The first kappa shape index (κ1) is 16.1. The van der Waals surface area contributed by atoms with Crippen molar-refractivity contribution in [1.82, 2.24) is 25.0 Å². The second-order valence-electron chi connectivity index (χ2n) is 6.73. The summed E-state index contributed by atoms with van der Waals surface area (Å²) in [7, 11) is 0. The van der Waals surface area contributed by atoms with E-state index >= 15 is 0 Å². The number of rotatable bonds is 2. The lowest BCUT2D eigenvalue weighted by Crippen LogP contribution is -2.51. The van der Waals surface area contributed by atoms with Crippen molar-refractivity contribution < 1.29 is 14.1 Å². The van der Waals surface area contributed by atoms with Crippen LogP contribution in [0.1, 0.15) is 46.7 Å². The van der Waals surface area contributed by atoms with Crippen LogP contribution in [0.15, 0.2) is 16.9 Å². The van der Waals surface area contributed by atoms with Crippen molar-refractivity contribution in [3.05, 3.63) is 35.5 Å². The zero-order chi connectivity index (χ0) is 17.4. The number of carbonyl (C=O) groups excluding carboxylic acids is 1. The van der Waals surface area contributed by atoms with Crippen molar-refractivity contribution >= 4 is 5.91 Å². The Kier molecular flexibility index (Phi) is 4.20. The van der Waals surface area contributed by atoms with Gasteiger partial charge in [0.05, 0.1) is 18.0 Å². The number of aryl methyl sites for hydroxylation is 2. The molecule has 2 saturated heterocycles. The maximum atomic E-state index is 12.8. The monoisotopic (exact) mass is 343 g/mol. The summed E-state index contributed by atoms with van der Waals surface area (Å²) < 4.78 is 11.3. The standard InChI is InChI=1S/C17H21N5O3/c1-10-7-19-14(8-18-10)17(23)22-5-3-15-13(9-22)12(4-6-24-15)16-20-11(2)21-25-16/h7-8,12-13,15H,3-6,9H2,1-2H3/t12-,13-,15-/m1/s1. The Morgan fingerprint density at radius 3 is 2.84 bits per heavy atom. The Labute approximate surface area is 145 Å². The smallest absolute Gasteiger partial charge is 0.274 e. The summed E-state index contributed by atoms with van der Waals surface area (Å²) in [5.41, 5.74) is 1.17. The molecule has 0 aromatic carbocycles. The fraction of sp³-hybridized carbons (Fsp3) is 0.588. The van der Waals surface area contributed by atoms with E-state index in [2.05, 4.69) is 20.1 Å². The van der Waals surface area contributed by atoms with Crippen molar-refractivity contribution in [2.45, 2.75) is 38.7 Å². The lowest BCUT2D eigenvalue weighted by molar-refractivity contribution is -0.0757. The molecule has 0 aliphatic carbocycles. The average molecular weight is 343 g/mol. The fourth-order valence-corrected chi connectivity index (χ4v) is 3.73. The molecule has 8 nitrogen and oxygen atoms in total. The second kappa shape index (κ2) is 6.51. The van der Waals surface area contributed by atoms with Crippen molar-refractivity contribution in [2.24, 2.45) is 5.92 Å². The van der Waals surface area contributed by atoms with Crippen molar-refractivity contribution in [3.63, 3.8) is 0 Å². The van der Waals surface area contributed by atoms with E-state index in [0.717, 1.165) is 18.5 Å². The summed E-state index contributed by atoms with van der Waals surface area (Å²) in [5, 5.41) is 3.91. The molecule has 0 bridgehead atoms. The summed E-state index contributed by atoms with van der Waals surface area (Å²) in [6.07, 6.45) is 4.92. The predicted octanol–water partition coefficient (Wildman–Crippen LogP) is 1.51. The molecule has 0 radical (unpaired) electrons. The number of carbonyl (C=O) groups is 1. The number of hydrogen-bond donors (Lipinski definition) is 0. The number of hydrogen-bond acceptors (Lipinski definition) is 7. The third-order valence-corrected chi connectivity index (χ3v) is 5.02. The predicted molar refractivity (Wildman–Crippen MR) is 86.9 cm³/mol. The molecule has 1 amide bonds. The minimum absolute atomic E-state index is 0.0861. The van der Waals surface area contributed by atoms with Crippen molar-refractivity contribution in [2.75, 3.05) is 19.7 Å². The molecule has 0 spiro atoms. The normalized spacial score (nSPS) is 26.3. The van der Waals surface area contributed by atoms with Gasteiger partial charge in [0, 0.05) is 37.7 Å². The van der Waals surface area contributed by atoms with E-state index in [0.29, 0.717) is 37.1 Å². The molecule has 0 saturated carbocycles. The van der Waals surface area contributed by atoms with Crippen LogP contribution in [0, 0.1) is 19.8 Å². The van der Waals surface area contributed by atoms with Gasteiger partial charge in [0.15, 0.2) is 5.82 Å². The van der Waals surface area contributed by atoms with Gasteiger partial charge in [-0.25, -0.2) is 4.98 Å². The van der Waals surface area contributed by atoms with Gasteiger partial charge in [-0.05, 0) is 26.7 Å². The average Bonchev–Trinajstić information content (AvgIpc) is 3.07. The number of amides is 1. The first-order valence-corrected chi connectivity index (χ1v) is 8.61.